The molecule has 0 aliphatic carbocycles. The molecule has 2 fully saturated rings. The minimum atomic E-state index is 0. The number of hydrogen-bond acceptors (Lipinski definition) is 3. The molecule has 0 radical (unpaired) electrons. The van der Waals surface area contributed by atoms with Crippen LogP contribution in [0.5, 0.6) is 5.75 Å². The first-order chi connectivity index (χ1) is 9.22. The van der Waals surface area contributed by atoms with Crippen molar-refractivity contribution < 1.29 is 9.53 Å². The number of halogens is 2. The molecule has 6 heteroatoms. The van der Waals surface area contributed by atoms with Crippen molar-refractivity contribution in [3.05, 3.63) is 29.3 Å². The first-order valence-corrected chi connectivity index (χ1v) is 6.97. The molecule has 20 heavy (non-hydrogen) atoms. The van der Waals surface area contributed by atoms with E-state index in [1.54, 1.807) is 24.3 Å². The third-order valence-electron chi connectivity index (χ3n) is 3.92. The van der Waals surface area contributed by atoms with Crippen LogP contribution >= 0.6 is 24.0 Å². The highest BCUT2D eigenvalue weighted by Gasteiger charge is 2.37. The largest absolute Gasteiger partial charge is 0.484 e. The zero-order valence-corrected chi connectivity index (χ0v) is 12.6. The summed E-state index contributed by atoms with van der Waals surface area (Å²) in [5.41, 5.74) is 0. The molecule has 3 rings (SSSR count). The highest BCUT2D eigenvalue weighted by atomic mass is 35.5. The predicted octanol–water partition coefficient (Wildman–Crippen LogP) is 1.82. The summed E-state index contributed by atoms with van der Waals surface area (Å²) in [5, 5.41) is 4.03. The van der Waals surface area contributed by atoms with Crippen LogP contribution in [-0.4, -0.2) is 43.6 Å². The first kappa shape index (κ1) is 15.4. The summed E-state index contributed by atoms with van der Waals surface area (Å²) in [7, 11) is 0. The van der Waals surface area contributed by atoms with Crippen LogP contribution in [0.25, 0.3) is 0 Å². The van der Waals surface area contributed by atoms with Gasteiger partial charge in [0, 0.05) is 31.2 Å². The molecule has 4 nitrogen and oxygen atoms in total. The molecule has 0 aromatic heterocycles. The number of rotatable bonds is 3. The van der Waals surface area contributed by atoms with E-state index in [9.17, 15) is 4.79 Å². The monoisotopic (exact) mass is 316 g/mol. The Morgan fingerprint density at radius 3 is 2.45 bits per heavy atom. The highest BCUT2D eigenvalue weighted by molar-refractivity contribution is 6.30. The maximum Gasteiger partial charge on any atom is 0.260 e. The van der Waals surface area contributed by atoms with E-state index in [0.717, 1.165) is 26.2 Å². The van der Waals surface area contributed by atoms with Crippen molar-refractivity contribution in [1.82, 2.24) is 10.2 Å². The van der Waals surface area contributed by atoms with Crippen LogP contribution in [0, 0.1) is 11.8 Å². The fourth-order valence-corrected chi connectivity index (χ4v) is 2.95. The number of ether oxygens (including phenoxy) is 1. The standard InChI is InChI=1S/C14H17ClN2O2.ClH/c15-12-1-3-13(4-2-12)19-9-14(18)17-7-10-5-16-6-11(10)8-17;/h1-4,10-11,16H,5-9H2;1H/t10-,11+;. The molecule has 0 bridgehead atoms. The van der Waals surface area contributed by atoms with Crippen molar-refractivity contribution in [3.63, 3.8) is 0 Å². The Morgan fingerprint density at radius 2 is 1.85 bits per heavy atom. The van der Waals surface area contributed by atoms with Gasteiger partial charge in [0.1, 0.15) is 5.75 Å². The van der Waals surface area contributed by atoms with E-state index in [2.05, 4.69) is 5.32 Å². The number of fused-ring (bicyclic) bond motifs is 1. The van der Waals surface area contributed by atoms with Gasteiger partial charge in [0.05, 0.1) is 0 Å². The molecular formula is C14H18Cl2N2O2. The maximum atomic E-state index is 12.1. The molecular weight excluding hydrogens is 299 g/mol. The van der Waals surface area contributed by atoms with E-state index in [0.29, 0.717) is 22.6 Å². The summed E-state index contributed by atoms with van der Waals surface area (Å²) in [6.45, 7) is 3.90. The third kappa shape index (κ3) is 3.37. The molecule has 0 spiro atoms. The summed E-state index contributed by atoms with van der Waals surface area (Å²) < 4.78 is 5.49. The van der Waals surface area contributed by atoms with E-state index in [1.807, 2.05) is 4.90 Å². The Labute approximate surface area is 129 Å². The molecule has 2 saturated heterocycles. The van der Waals surface area contributed by atoms with Crippen molar-refractivity contribution in [3.8, 4) is 5.75 Å². The van der Waals surface area contributed by atoms with Crippen molar-refractivity contribution in [2.45, 2.75) is 0 Å². The lowest BCUT2D eigenvalue weighted by molar-refractivity contribution is -0.132. The lowest BCUT2D eigenvalue weighted by atomic mass is 10.0. The van der Waals surface area contributed by atoms with E-state index < -0.39 is 0 Å². The summed E-state index contributed by atoms with van der Waals surface area (Å²) in [6, 6.07) is 7.07. The number of nitrogens with zero attached hydrogens (tertiary/aromatic N) is 1. The lowest BCUT2D eigenvalue weighted by Gasteiger charge is -2.17. The Bertz CT molecular complexity index is 455. The Kier molecular flexibility index (Phi) is 5.13. The van der Waals surface area contributed by atoms with Gasteiger partial charge in [-0.15, -0.1) is 12.4 Å². The molecule has 1 aromatic carbocycles. The molecule has 1 aromatic rings. The van der Waals surface area contributed by atoms with Gasteiger partial charge in [-0.05, 0) is 36.1 Å². The zero-order chi connectivity index (χ0) is 13.2. The summed E-state index contributed by atoms with van der Waals surface area (Å²) >= 11 is 5.80. The molecule has 2 heterocycles. The van der Waals surface area contributed by atoms with E-state index in [1.165, 1.54) is 0 Å². The van der Waals surface area contributed by atoms with Gasteiger partial charge in [-0.3, -0.25) is 4.79 Å². The van der Waals surface area contributed by atoms with Crippen molar-refractivity contribution in [2.75, 3.05) is 32.8 Å². The van der Waals surface area contributed by atoms with Crippen LogP contribution in [0.2, 0.25) is 5.02 Å². The van der Waals surface area contributed by atoms with Gasteiger partial charge >= 0.3 is 0 Å². The number of hydrogen-bond donors (Lipinski definition) is 1. The van der Waals surface area contributed by atoms with Crippen molar-refractivity contribution in [1.29, 1.82) is 0 Å². The van der Waals surface area contributed by atoms with Crippen molar-refractivity contribution >= 4 is 29.9 Å². The number of nitrogens with one attached hydrogen (secondary N) is 1. The van der Waals surface area contributed by atoms with Gasteiger partial charge in [0.25, 0.3) is 5.91 Å². The van der Waals surface area contributed by atoms with E-state index >= 15 is 0 Å². The number of carbonyl (C=O) groups is 1. The SMILES string of the molecule is Cl.O=C(COc1ccc(Cl)cc1)N1C[C@H]2CNC[C@H]2C1. The van der Waals surface area contributed by atoms with E-state index in [4.69, 9.17) is 16.3 Å². The molecule has 110 valence electrons. The van der Waals surface area contributed by atoms with Crippen LogP contribution in [0.4, 0.5) is 0 Å². The van der Waals surface area contributed by atoms with Gasteiger partial charge < -0.3 is 15.0 Å². The second-order valence-electron chi connectivity index (χ2n) is 5.22. The van der Waals surface area contributed by atoms with Crippen LogP contribution in [0.15, 0.2) is 24.3 Å². The number of carbonyl (C=O) groups excluding carboxylic acids is 1. The number of benzene rings is 1. The van der Waals surface area contributed by atoms with Crippen molar-refractivity contribution in [2.24, 2.45) is 11.8 Å². The minimum absolute atomic E-state index is 0. The number of amides is 1. The van der Waals surface area contributed by atoms with Crippen LogP contribution in [0.3, 0.4) is 0 Å². The second kappa shape index (κ2) is 6.66. The van der Waals surface area contributed by atoms with Gasteiger partial charge in [0.2, 0.25) is 0 Å². The average Bonchev–Trinajstić information content (AvgIpc) is 2.98. The average molecular weight is 317 g/mol. The lowest BCUT2D eigenvalue weighted by Crippen LogP contribution is -2.35. The molecule has 2 aliphatic rings. The molecule has 0 unspecified atom stereocenters. The topological polar surface area (TPSA) is 41.6 Å². The first-order valence-electron chi connectivity index (χ1n) is 6.59. The zero-order valence-electron chi connectivity index (χ0n) is 11.0. The van der Waals surface area contributed by atoms with Gasteiger partial charge in [-0.25, -0.2) is 0 Å². The Morgan fingerprint density at radius 1 is 1.25 bits per heavy atom. The molecule has 1 amide bonds. The fourth-order valence-electron chi connectivity index (χ4n) is 2.83. The van der Waals surface area contributed by atoms with Gasteiger partial charge in [0.15, 0.2) is 6.61 Å². The molecule has 0 saturated carbocycles. The highest BCUT2D eigenvalue weighted by Crippen LogP contribution is 2.26. The molecule has 2 atom stereocenters. The summed E-state index contributed by atoms with van der Waals surface area (Å²) in [6.07, 6.45) is 0. The smallest absolute Gasteiger partial charge is 0.260 e. The second-order valence-corrected chi connectivity index (χ2v) is 5.66. The molecule has 1 N–H and O–H groups in total. The fraction of sp³-hybridized carbons (Fsp3) is 0.500. The van der Waals surface area contributed by atoms with Gasteiger partial charge in [-0.1, -0.05) is 11.6 Å². The van der Waals surface area contributed by atoms with Crippen LogP contribution in [0.1, 0.15) is 0 Å². The van der Waals surface area contributed by atoms with Crippen LogP contribution in [-0.2, 0) is 4.79 Å². The summed E-state index contributed by atoms with van der Waals surface area (Å²) in [5.74, 6) is 2.00. The quantitative estimate of drug-likeness (QED) is 0.925. The van der Waals surface area contributed by atoms with Crippen LogP contribution < -0.4 is 10.1 Å². The Balaban J connectivity index is 0.00000147. The number of likely N-dealkylation sites (tertiary alicyclic amines) is 1. The third-order valence-corrected chi connectivity index (χ3v) is 4.17. The maximum absolute atomic E-state index is 12.1. The van der Waals surface area contributed by atoms with Gasteiger partial charge in [-0.2, -0.15) is 0 Å². The summed E-state index contributed by atoms with van der Waals surface area (Å²) in [4.78, 5) is 14.0. The minimum Gasteiger partial charge on any atom is -0.484 e. The Hall–Kier alpha value is -0.970. The predicted molar refractivity (Wildman–Crippen MR) is 80.6 cm³/mol. The molecule has 2 aliphatic heterocycles. The normalized spacial score (nSPS) is 24.1. The van der Waals surface area contributed by atoms with E-state index in [-0.39, 0.29) is 24.9 Å².